The van der Waals surface area contributed by atoms with Crippen LogP contribution in [-0.2, 0) is 16.1 Å². The second kappa shape index (κ2) is 9.35. The molecule has 0 aliphatic carbocycles. The Morgan fingerprint density at radius 2 is 1.58 bits per heavy atom. The normalized spacial score (nSPS) is 14.9. The van der Waals surface area contributed by atoms with E-state index >= 15 is 0 Å². The van der Waals surface area contributed by atoms with Gasteiger partial charge in [0.2, 0.25) is 11.8 Å². The molecule has 1 aliphatic rings. The number of piperazine rings is 1. The van der Waals surface area contributed by atoms with Crippen molar-refractivity contribution in [2.45, 2.75) is 26.4 Å². The zero-order valence-electron chi connectivity index (χ0n) is 18.3. The molecule has 3 aromatic rings. The number of carbonyl (C=O) groups is 2. The third-order valence-corrected chi connectivity index (χ3v) is 5.72. The van der Waals surface area contributed by atoms with Crippen LogP contribution in [0.25, 0.3) is 22.2 Å². The van der Waals surface area contributed by atoms with Gasteiger partial charge < -0.3 is 14.8 Å². The summed E-state index contributed by atoms with van der Waals surface area (Å²) in [6.45, 7) is 7.35. The van der Waals surface area contributed by atoms with Crippen molar-refractivity contribution in [1.29, 1.82) is 0 Å². The number of carbonyl (C=O) groups excluding carboxylic acids is 2. The Kier molecular flexibility index (Phi) is 6.37. The number of para-hydroxylation sites is 1. The summed E-state index contributed by atoms with van der Waals surface area (Å²) in [5.74, 6) is 0.158. The standard InChI is InChI=1S/C25H30N4O2/c1-19(2)26-24(30)17-27-12-14-28(15-13-27)25(31)18-29-22-11-7-6-10-21(22)16-23(29)20-8-4-3-5-9-20/h3-11,16,19H,12-15,17-18H2,1-2H3,(H,26,30). The fourth-order valence-corrected chi connectivity index (χ4v) is 4.19. The molecule has 6 nitrogen and oxygen atoms in total. The number of rotatable bonds is 6. The highest BCUT2D eigenvalue weighted by Crippen LogP contribution is 2.28. The van der Waals surface area contributed by atoms with Crippen LogP contribution >= 0.6 is 0 Å². The Bertz CT molecular complexity index is 1050. The lowest BCUT2D eigenvalue weighted by Gasteiger charge is -2.34. The number of benzene rings is 2. The van der Waals surface area contributed by atoms with Gasteiger partial charge in [0.15, 0.2) is 0 Å². The van der Waals surface area contributed by atoms with E-state index in [4.69, 9.17) is 0 Å². The Balaban J connectivity index is 1.45. The zero-order chi connectivity index (χ0) is 21.8. The van der Waals surface area contributed by atoms with Crippen LogP contribution in [0, 0.1) is 0 Å². The molecule has 0 radical (unpaired) electrons. The average molecular weight is 419 g/mol. The molecule has 31 heavy (non-hydrogen) atoms. The maximum absolute atomic E-state index is 13.2. The van der Waals surface area contributed by atoms with Crippen molar-refractivity contribution >= 4 is 22.7 Å². The first kappa shape index (κ1) is 21.1. The van der Waals surface area contributed by atoms with E-state index in [0.29, 0.717) is 26.2 Å². The van der Waals surface area contributed by atoms with Gasteiger partial charge >= 0.3 is 0 Å². The van der Waals surface area contributed by atoms with Crippen LogP contribution in [0.1, 0.15) is 13.8 Å². The Morgan fingerprint density at radius 1 is 0.903 bits per heavy atom. The number of hydrogen-bond acceptors (Lipinski definition) is 3. The Morgan fingerprint density at radius 3 is 2.29 bits per heavy atom. The molecule has 2 heterocycles. The van der Waals surface area contributed by atoms with Crippen molar-refractivity contribution < 1.29 is 9.59 Å². The molecule has 0 bridgehead atoms. The lowest BCUT2D eigenvalue weighted by Crippen LogP contribution is -2.52. The molecule has 0 atom stereocenters. The van der Waals surface area contributed by atoms with Gasteiger partial charge in [-0.3, -0.25) is 14.5 Å². The minimum absolute atomic E-state index is 0.0427. The first-order chi connectivity index (χ1) is 15.0. The molecule has 1 aliphatic heterocycles. The fourth-order valence-electron chi connectivity index (χ4n) is 4.19. The predicted molar refractivity (Wildman–Crippen MR) is 124 cm³/mol. The van der Waals surface area contributed by atoms with Crippen molar-refractivity contribution in [3.8, 4) is 11.3 Å². The lowest BCUT2D eigenvalue weighted by atomic mass is 10.1. The maximum atomic E-state index is 13.2. The van der Waals surface area contributed by atoms with E-state index in [2.05, 4.69) is 45.1 Å². The van der Waals surface area contributed by atoms with Gasteiger partial charge in [0.1, 0.15) is 6.54 Å². The van der Waals surface area contributed by atoms with Gasteiger partial charge in [0.05, 0.1) is 6.54 Å². The van der Waals surface area contributed by atoms with Gasteiger partial charge in [0, 0.05) is 48.8 Å². The molecule has 2 amide bonds. The molecule has 4 rings (SSSR count). The van der Waals surface area contributed by atoms with E-state index in [0.717, 1.165) is 35.2 Å². The molecule has 1 saturated heterocycles. The van der Waals surface area contributed by atoms with Gasteiger partial charge in [-0.2, -0.15) is 0 Å². The first-order valence-electron chi connectivity index (χ1n) is 10.9. The Hall–Kier alpha value is -3.12. The average Bonchev–Trinajstić information content (AvgIpc) is 3.13. The van der Waals surface area contributed by atoms with Crippen molar-refractivity contribution in [1.82, 2.24) is 19.7 Å². The summed E-state index contributed by atoms with van der Waals surface area (Å²) >= 11 is 0. The number of hydrogen-bond donors (Lipinski definition) is 1. The molecule has 2 aromatic carbocycles. The largest absolute Gasteiger partial charge is 0.353 e. The number of nitrogens with one attached hydrogen (secondary N) is 1. The summed E-state index contributed by atoms with van der Waals surface area (Å²) in [7, 11) is 0. The molecular weight excluding hydrogens is 388 g/mol. The highest BCUT2D eigenvalue weighted by Gasteiger charge is 2.24. The minimum atomic E-state index is 0.0427. The number of fused-ring (bicyclic) bond motifs is 1. The van der Waals surface area contributed by atoms with Crippen LogP contribution in [0.15, 0.2) is 60.7 Å². The van der Waals surface area contributed by atoms with E-state index in [1.165, 1.54) is 0 Å². The molecule has 1 N–H and O–H groups in total. The van der Waals surface area contributed by atoms with Crippen molar-refractivity contribution in [3.63, 3.8) is 0 Å². The topological polar surface area (TPSA) is 57.6 Å². The van der Waals surface area contributed by atoms with Crippen LogP contribution in [0.3, 0.4) is 0 Å². The van der Waals surface area contributed by atoms with Gasteiger partial charge in [-0.05, 0) is 31.5 Å². The van der Waals surface area contributed by atoms with Crippen LogP contribution in [0.4, 0.5) is 0 Å². The number of aromatic nitrogens is 1. The SMILES string of the molecule is CC(C)NC(=O)CN1CCN(C(=O)Cn2c(-c3ccccc3)cc3ccccc32)CC1. The summed E-state index contributed by atoms with van der Waals surface area (Å²) in [5, 5.41) is 4.06. The molecule has 0 saturated carbocycles. The smallest absolute Gasteiger partial charge is 0.242 e. The third kappa shape index (κ3) is 4.97. The summed E-state index contributed by atoms with van der Waals surface area (Å²) in [6.07, 6.45) is 0. The van der Waals surface area contributed by atoms with Gasteiger partial charge in [0.25, 0.3) is 0 Å². The molecule has 1 aromatic heterocycles. The van der Waals surface area contributed by atoms with Crippen LogP contribution in [-0.4, -0.2) is 64.9 Å². The van der Waals surface area contributed by atoms with Crippen LogP contribution < -0.4 is 5.32 Å². The van der Waals surface area contributed by atoms with Crippen molar-refractivity contribution in [3.05, 3.63) is 60.7 Å². The van der Waals surface area contributed by atoms with E-state index in [1.54, 1.807) is 0 Å². The summed E-state index contributed by atoms with van der Waals surface area (Å²) in [6, 6.07) is 20.7. The maximum Gasteiger partial charge on any atom is 0.242 e. The van der Waals surface area contributed by atoms with Gasteiger partial charge in [-0.25, -0.2) is 0 Å². The molecule has 162 valence electrons. The van der Waals surface area contributed by atoms with Crippen LogP contribution in [0.5, 0.6) is 0 Å². The first-order valence-corrected chi connectivity index (χ1v) is 10.9. The van der Waals surface area contributed by atoms with E-state index < -0.39 is 0 Å². The number of nitrogens with zero attached hydrogens (tertiary/aromatic N) is 3. The zero-order valence-corrected chi connectivity index (χ0v) is 18.3. The predicted octanol–water partition coefficient (Wildman–Crippen LogP) is 2.98. The highest BCUT2D eigenvalue weighted by molar-refractivity contribution is 5.89. The van der Waals surface area contributed by atoms with E-state index in [9.17, 15) is 9.59 Å². The molecule has 0 spiro atoms. The van der Waals surface area contributed by atoms with E-state index in [1.807, 2.05) is 49.1 Å². The molecule has 0 unspecified atom stereocenters. The Labute approximate surface area is 183 Å². The lowest BCUT2D eigenvalue weighted by molar-refractivity contribution is -0.133. The second-order valence-electron chi connectivity index (χ2n) is 8.42. The second-order valence-corrected chi connectivity index (χ2v) is 8.42. The summed E-state index contributed by atoms with van der Waals surface area (Å²) in [5.41, 5.74) is 3.23. The molecular formula is C25H30N4O2. The molecule has 1 fully saturated rings. The van der Waals surface area contributed by atoms with Gasteiger partial charge in [-0.1, -0.05) is 48.5 Å². The van der Waals surface area contributed by atoms with Crippen molar-refractivity contribution in [2.24, 2.45) is 0 Å². The third-order valence-electron chi connectivity index (χ3n) is 5.72. The number of amides is 2. The summed E-state index contributed by atoms with van der Waals surface area (Å²) < 4.78 is 2.12. The highest BCUT2D eigenvalue weighted by atomic mass is 16.2. The molecule has 6 heteroatoms. The van der Waals surface area contributed by atoms with Crippen molar-refractivity contribution in [2.75, 3.05) is 32.7 Å². The van der Waals surface area contributed by atoms with Crippen LogP contribution in [0.2, 0.25) is 0 Å². The van der Waals surface area contributed by atoms with Gasteiger partial charge in [-0.15, -0.1) is 0 Å². The quantitative estimate of drug-likeness (QED) is 0.670. The minimum Gasteiger partial charge on any atom is -0.353 e. The monoisotopic (exact) mass is 418 g/mol. The van der Waals surface area contributed by atoms with E-state index in [-0.39, 0.29) is 17.9 Å². The fraction of sp³-hybridized carbons (Fsp3) is 0.360. The summed E-state index contributed by atoms with van der Waals surface area (Å²) in [4.78, 5) is 29.2.